The van der Waals surface area contributed by atoms with Crippen molar-refractivity contribution in [1.82, 2.24) is 4.90 Å². The molecule has 1 heterocycles. The zero-order valence-electron chi connectivity index (χ0n) is 16.5. The molecule has 0 radical (unpaired) electrons. The Kier molecular flexibility index (Phi) is 5.75. The van der Waals surface area contributed by atoms with Crippen LogP contribution in [0.2, 0.25) is 0 Å². The Morgan fingerprint density at radius 2 is 1.43 bits per heavy atom. The smallest absolute Gasteiger partial charge is 0.177 e. The fourth-order valence-electron chi connectivity index (χ4n) is 5.24. The first-order valence-electron chi connectivity index (χ1n) is 10.5. The number of aryl methyl sites for hydroxylation is 2. The van der Waals surface area contributed by atoms with Gasteiger partial charge in [-0.05, 0) is 72.9 Å². The number of Topliss-reactive ketones (excluding diaryl/α,β-unsaturated/α-hetero) is 1. The summed E-state index contributed by atoms with van der Waals surface area (Å²) in [4.78, 5) is 18.1. The maximum absolute atomic E-state index is 13.3. The Bertz CT molecular complexity index is 824. The van der Waals surface area contributed by atoms with Gasteiger partial charge in [0.2, 0.25) is 0 Å². The van der Waals surface area contributed by atoms with Gasteiger partial charge >= 0.3 is 0 Å². The fourth-order valence-corrected chi connectivity index (χ4v) is 5.24. The summed E-state index contributed by atoms with van der Waals surface area (Å²) in [5.74, 6) is 0.375. The number of para-hydroxylation sites is 1. The number of carbonyl (C=O) groups excluding carboxylic acids is 1. The molecule has 1 aliphatic heterocycles. The highest BCUT2D eigenvalue weighted by atomic mass is 35.5. The van der Waals surface area contributed by atoms with E-state index in [-0.39, 0.29) is 12.4 Å². The first-order chi connectivity index (χ1) is 13.3. The molecule has 3 nitrogen and oxygen atoms in total. The lowest BCUT2D eigenvalue weighted by atomic mass is 9.91. The predicted octanol–water partition coefficient (Wildman–Crippen LogP) is 4.09. The highest BCUT2D eigenvalue weighted by molar-refractivity contribution is 6.01. The van der Waals surface area contributed by atoms with E-state index >= 15 is 0 Å². The van der Waals surface area contributed by atoms with Crippen molar-refractivity contribution < 1.29 is 4.79 Å². The number of halogens is 1. The van der Waals surface area contributed by atoms with Crippen molar-refractivity contribution >= 4 is 23.9 Å². The lowest BCUT2D eigenvalue weighted by molar-refractivity contribution is 0.0924. The van der Waals surface area contributed by atoms with Crippen LogP contribution in [0.15, 0.2) is 36.4 Å². The number of benzene rings is 2. The van der Waals surface area contributed by atoms with Gasteiger partial charge in [-0.2, -0.15) is 0 Å². The van der Waals surface area contributed by atoms with E-state index in [0.717, 1.165) is 44.6 Å². The lowest BCUT2D eigenvalue weighted by Crippen LogP contribution is -2.48. The van der Waals surface area contributed by atoms with Crippen molar-refractivity contribution in [2.75, 3.05) is 37.6 Å². The maximum Gasteiger partial charge on any atom is 0.177 e. The topological polar surface area (TPSA) is 23.6 Å². The van der Waals surface area contributed by atoms with Gasteiger partial charge in [-0.3, -0.25) is 9.69 Å². The van der Waals surface area contributed by atoms with E-state index < -0.39 is 0 Å². The minimum atomic E-state index is 0. The third kappa shape index (κ3) is 3.58. The summed E-state index contributed by atoms with van der Waals surface area (Å²) in [5, 5.41) is 0. The first kappa shape index (κ1) is 19.5. The normalized spacial score (nSPS) is 18.5. The SMILES string of the molecule is Cl.O=C(CN1CCN(c2ccccc2)CC1)c1c2c(cc3c1CCC3)CCC2. The van der Waals surface area contributed by atoms with Crippen LogP contribution in [-0.4, -0.2) is 43.4 Å². The van der Waals surface area contributed by atoms with E-state index in [1.54, 1.807) is 0 Å². The van der Waals surface area contributed by atoms with Gasteiger partial charge < -0.3 is 4.90 Å². The summed E-state index contributed by atoms with van der Waals surface area (Å²) < 4.78 is 0. The minimum Gasteiger partial charge on any atom is -0.369 e. The zero-order valence-corrected chi connectivity index (χ0v) is 17.3. The van der Waals surface area contributed by atoms with Gasteiger partial charge in [0.25, 0.3) is 0 Å². The van der Waals surface area contributed by atoms with Gasteiger partial charge in [-0.1, -0.05) is 24.3 Å². The Balaban J connectivity index is 0.00000192. The second kappa shape index (κ2) is 8.26. The number of fused-ring (bicyclic) bond motifs is 2. The van der Waals surface area contributed by atoms with Crippen molar-refractivity contribution in [3.63, 3.8) is 0 Å². The first-order valence-corrected chi connectivity index (χ1v) is 10.5. The van der Waals surface area contributed by atoms with Gasteiger partial charge in [-0.15, -0.1) is 12.4 Å². The summed E-state index contributed by atoms with van der Waals surface area (Å²) in [7, 11) is 0. The number of hydrogen-bond donors (Lipinski definition) is 0. The quantitative estimate of drug-likeness (QED) is 0.727. The molecule has 2 aliphatic carbocycles. The average Bonchev–Trinajstić information content (AvgIpc) is 3.36. The standard InChI is InChI=1S/C24H28N2O.ClH/c27-23(17-25-12-14-26(15-13-25)20-8-2-1-3-9-20)24-21-10-4-6-18(21)16-19-7-5-11-22(19)24;/h1-3,8-9,16H,4-7,10-15,17H2;1H. The molecule has 3 aliphatic rings. The van der Waals surface area contributed by atoms with Crippen LogP contribution >= 0.6 is 12.4 Å². The number of piperazine rings is 1. The molecular weight excluding hydrogens is 368 g/mol. The zero-order chi connectivity index (χ0) is 18.2. The molecule has 5 rings (SSSR count). The summed E-state index contributed by atoms with van der Waals surface area (Å²) in [6.07, 6.45) is 6.97. The third-order valence-electron chi connectivity index (χ3n) is 6.61. The van der Waals surface area contributed by atoms with Crippen molar-refractivity contribution in [3.05, 3.63) is 64.2 Å². The Hall–Kier alpha value is -1.84. The van der Waals surface area contributed by atoms with Crippen molar-refractivity contribution in [1.29, 1.82) is 0 Å². The van der Waals surface area contributed by atoms with Gasteiger partial charge in [0, 0.05) is 37.4 Å². The molecule has 0 atom stereocenters. The van der Waals surface area contributed by atoms with E-state index in [1.807, 2.05) is 0 Å². The van der Waals surface area contributed by atoms with Crippen LogP contribution in [0.25, 0.3) is 0 Å². The molecule has 2 aromatic carbocycles. The number of nitrogens with zero attached hydrogens (tertiary/aromatic N) is 2. The number of carbonyl (C=O) groups is 1. The number of hydrogen-bond acceptors (Lipinski definition) is 3. The molecule has 4 heteroatoms. The predicted molar refractivity (Wildman–Crippen MR) is 117 cm³/mol. The maximum atomic E-state index is 13.3. The minimum absolute atomic E-state index is 0. The molecule has 0 saturated carbocycles. The largest absolute Gasteiger partial charge is 0.369 e. The van der Waals surface area contributed by atoms with Gasteiger partial charge in [0.1, 0.15) is 0 Å². The van der Waals surface area contributed by atoms with Crippen LogP contribution in [0.3, 0.4) is 0 Å². The number of ketones is 1. The summed E-state index contributed by atoms with van der Waals surface area (Å²) in [6.45, 7) is 4.53. The molecule has 0 spiro atoms. The molecule has 28 heavy (non-hydrogen) atoms. The van der Waals surface area contributed by atoms with Gasteiger partial charge in [0.05, 0.1) is 6.54 Å². The molecule has 1 fully saturated rings. The summed E-state index contributed by atoms with van der Waals surface area (Å²) >= 11 is 0. The molecule has 0 aromatic heterocycles. The molecule has 0 unspecified atom stereocenters. The molecule has 148 valence electrons. The second-order valence-corrected chi connectivity index (χ2v) is 8.26. The average molecular weight is 397 g/mol. The lowest BCUT2D eigenvalue weighted by Gasteiger charge is -2.36. The number of anilines is 1. The molecule has 1 saturated heterocycles. The Morgan fingerprint density at radius 1 is 0.821 bits per heavy atom. The van der Waals surface area contributed by atoms with E-state index in [4.69, 9.17) is 0 Å². The summed E-state index contributed by atoms with van der Waals surface area (Å²) in [6, 6.07) is 13.0. The Labute approximate surface area is 174 Å². The molecular formula is C24H29ClN2O. The van der Waals surface area contributed by atoms with Crippen LogP contribution < -0.4 is 4.90 Å². The number of rotatable bonds is 4. The van der Waals surface area contributed by atoms with E-state index in [2.05, 4.69) is 46.2 Å². The Morgan fingerprint density at radius 3 is 2.04 bits per heavy atom. The van der Waals surface area contributed by atoms with E-state index in [9.17, 15) is 4.79 Å². The van der Waals surface area contributed by atoms with Gasteiger partial charge in [0.15, 0.2) is 5.78 Å². The van der Waals surface area contributed by atoms with E-state index in [1.165, 1.54) is 53.6 Å². The van der Waals surface area contributed by atoms with Gasteiger partial charge in [-0.25, -0.2) is 0 Å². The highest BCUT2D eigenvalue weighted by Crippen LogP contribution is 2.35. The van der Waals surface area contributed by atoms with E-state index in [0.29, 0.717) is 12.3 Å². The van der Waals surface area contributed by atoms with Crippen LogP contribution in [0.5, 0.6) is 0 Å². The van der Waals surface area contributed by atoms with Crippen molar-refractivity contribution in [3.8, 4) is 0 Å². The van der Waals surface area contributed by atoms with Crippen LogP contribution in [0.4, 0.5) is 5.69 Å². The summed E-state index contributed by atoms with van der Waals surface area (Å²) in [5.41, 5.74) is 8.14. The molecule has 0 bridgehead atoms. The second-order valence-electron chi connectivity index (χ2n) is 8.26. The van der Waals surface area contributed by atoms with Crippen LogP contribution in [0.1, 0.15) is 45.5 Å². The third-order valence-corrected chi connectivity index (χ3v) is 6.61. The molecule has 0 N–H and O–H groups in total. The van der Waals surface area contributed by atoms with Crippen molar-refractivity contribution in [2.45, 2.75) is 38.5 Å². The van der Waals surface area contributed by atoms with Crippen LogP contribution in [-0.2, 0) is 25.7 Å². The van der Waals surface area contributed by atoms with Crippen LogP contribution in [0, 0.1) is 0 Å². The monoisotopic (exact) mass is 396 g/mol. The van der Waals surface area contributed by atoms with Crippen molar-refractivity contribution in [2.24, 2.45) is 0 Å². The molecule has 0 amide bonds. The highest BCUT2D eigenvalue weighted by Gasteiger charge is 2.29. The fraction of sp³-hybridized carbons (Fsp3) is 0.458. The molecule has 2 aromatic rings.